The van der Waals surface area contributed by atoms with Crippen LogP contribution in [0.1, 0.15) is 18.4 Å². The molecule has 86 valence electrons. The highest BCUT2D eigenvalue weighted by Gasteiger charge is 2.47. The lowest BCUT2D eigenvalue weighted by Crippen LogP contribution is -2.44. The molecule has 2 fully saturated rings. The molecule has 1 aliphatic heterocycles. The zero-order valence-corrected chi connectivity index (χ0v) is 10.00. The van der Waals surface area contributed by atoms with Crippen molar-refractivity contribution >= 4 is 17.4 Å². The van der Waals surface area contributed by atoms with E-state index in [2.05, 4.69) is 14.9 Å². The molecule has 5 heteroatoms. The summed E-state index contributed by atoms with van der Waals surface area (Å²) < 4.78 is 5.78. The van der Waals surface area contributed by atoms with Gasteiger partial charge in [0.05, 0.1) is 12.2 Å². The lowest BCUT2D eigenvalue weighted by molar-refractivity contribution is 0.0203. The molecular formula is C11H14ClN3O. The van der Waals surface area contributed by atoms with E-state index in [-0.39, 0.29) is 5.60 Å². The number of nitrogens with zero attached hydrogens (tertiary/aromatic N) is 3. The van der Waals surface area contributed by atoms with Gasteiger partial charge in [0.15, 0.2) is 0 Å². The summed E-state index contributed by atoms with van der Waals surface area (Å²) in [4.78, 5) is 10.6. The zero-order chi connectivity index (χ0) is 11.2. The Balaban J connectivity index is 1.88. The summed E-state index contributed by atoms with van der Waals surface area (Å²) in [6.07, 6.45) is 4.11. The molecule has 0 atom stereocenters. The van der Waals surface area contributed by atoms with Gasteiger partial charge >= 0.3 is 0 Å². The first-order valence-corrected chi connectivity index (χ1v) is 5.94. The van der Waals surface area contributed by atoms with Gasteiger partial charge in [-0.2, -0.15) is 0 Å². The third kappa shape index (κ3) is 1.76. The molecule has 1 aliphatic carbocycles. The molecule has 1 aromatic heterocycles. The topological polar surface area (TPSA) is 38.2 Å². The number of ether oxygens (including phenoxy) is 1. The van der Waals surface area contributed by atoms with Gasteiger partial charge in [-0.3, -0.25) is 0 Å². The SMILES string of the molecule is Cc1cnc(Cl)nc1N1CCOC2(CC2)C1. The second kappa shape index (κ2) is 3.57. The second-order valence-corrected chi connectivity index (χ2v) is 4.94. The molecule has 1 saturated carbocycles. The second-order valence-electron chi connectivity index (χ2n) is 4.60. The number of hydrogen-bond acceptors (Lipinski definition) is 4. The van der Waals surface area contributed by atoms with E-state index >= 15 is 0 Å². The number of rotatable bonds is 1. The van der Waals surface area contributed by atoms with Crippen LogP contribution in [0.2, 0.25) is 5.28 Å². The predicted molar refractivity (Wildman–Crippen MR) is 61.9 cm³/mol. The van der Waals surface area contributed by atoms with Gasteiger partial charge in [0.2, 0.25) is 5.28 Å². The van der Waals surface area contributed by atoms with Crippen LogP contribution < -0.4 is 4.90 Å². The first-order chi connectivity index (χ1) is 7.69. The zero-order valence-electron chi connectivity index (χ0n) is 9.24. The van der Waals surface area contributed by atoms with Crippen molar-refractivity contribution < 1.29 is 4.74 Å². The van der Waals surface area contributed by atoms with E-state index in [0.29, 0.717) is 5.28 Å². The molecule has 0 unspecified atom stereocenters. The molecule has 0 N–H and O–H groups in total. The standard InChI is InChI=1S/C11H14ClN3O/c1-8-6-13-10(12)14-9(8)15-4-5-16-11(7-15)2-3-11/h6H,2-5,7H2,1H3. The van der Waals surface area contributed by atoms with Crippen LogP contribution in [0.5, 0.6) is 0 Å². The fourth-order valence-corrected chi connectivity index (χ4v) is 2.33. The maximum absolute atomic E-state index is 5.84. The number of anilines is 1. The Kier molecular flexibility index (Phi) is 2.30. The Hall–Kier alpha value is -0.870. The normalized spacial score (nSPS) is 22.5. The fraction of sp³-hybridized carbons (Fsp3) is 0.636. The van der Waals surface area contributed by atoms with Gasteiger partial charge < -0.3 is 9.64 Å². The molecule has 2 heterocycles. The van der Waals surface area contributed by atoms with Crippen LogP contribution in [0.25, 0.3) is 0 Å². The van der Waals surface area contributed by atoms with Crippen LogP contribution in [0.3, 0.4) is 0 Å². The maximum atomic E-state index is 5.84. The summed E-state index contributed by atoms with van der Waals surface area (Å²) in [5.41, 5.74) is 1.18. The first-order valence-electron chi connectivity index (χ1n) is 5.57. The minimum Gasteiger partial charge on any atom is -0.371 e. The Morgan fingerprint density at radius 3 is 3.06 bits per heavy atom. The van der Waals surface area contributed by atoms with Crippen LogP contribution in [-0.4, -0.2) is 35.3 Å². The van der Waals surface area contributed by atoms with Crippen LogP contribution >= 0.6 is 11.6 Å². The fourth-order valence-electron chi connectivity index (χ4n) is 2.20. The molecule has 4 nitrogen and oxygen atoms in total. The van der Waals surface area contributed by atoms with E-state index in [1.165, 1.54) is 12.8 Å². The van der Waals surface area contributed by atoms with Gasteiger partial charge in [-0.1, -0.05) is 0 Å². The number of morpholine rings is 1. The third-order valence-corrected chi connectivity index (χ3v) is 3.45. The average Bonchev–Trinajstić information content (AvgIpc) is 3.01. The largest absolute Gasteiger partial charge is 0.371 e. The predicted octanol–water partition coefficient (Wildman–Crippen LogP) is 1.81. The molecule has 1 aromatic rings. The Bertz CT molecular complexity index is 420. The molecule has 0 aromatic carbocycles. The number of aryl methyl sites for hydroxylation is 1. The van der Waals surface area contributed by atoms with Crippen molar-refractivity contribution in [3.8, 4) is 0 Å². The molecule has 2 aliphatic rings. The molecule has 1 saturated heterocycles. The lowest BCUT2D eigenvalue weighted by Gasteiger charge is -2.34. The van der Waals surface area contributed by atoms with Crippen molar-refractivity contribution in [3.63, 3.8) is 0 Å². The molecule has 0 radical (unpaired) electrons. The molecule has 1 spiro atoms. The summed E-state index contributed by atoms with van der Waals surface area (Å²) in [5, 5.41) is 0.317. The van der Waals surface area contributed by atoms with Gasteiger partial charge in [-0.15, -0.1) is 0 Å². The van der Waals surface area contributed by atoms with Crippen molar-refractivity contribution in [3.05, 3.63) is 17.0 Å². The van der Waals surface area contributed by atoms with Crippen molar-refractivity contribution in [2.45, 2.75) is 25.4 Å². The smallest absolute Gasteiger partial charge is 0.224 e. The van der Waals surface area contributed by atoms with Gasteiger partial charge in [-0.05, 0) is 31.4 Å². The summed E-state index contributed by atoms with van der Waals surface area (Å²) in [5.74, 6) is 0.953. The highest BCUT2D eigenvalue weighted by atomic mass is 35.5. The summed E-state index contributed by atoms with van der Waals surface area (Å²) in [6, 6.07) is 0. The van der Waals surface area contributed by atoms with Gasteiger partial charge in [0.25, 0.3) is 0 Å². The van der Waals surface area contributed by atoms with Gasteiger partial charge in [0, 0.05) is 24.8 Å². The molecule has 0 amide bonds. The number of halogens is 1. The van der Waals surface area contributed by atoms with Crippen LogP contribution in [-0.2, 0) is 4.74 Å². The van der Waals surface area contributed by atoms with Crippen molar-refractivity contribution in [2.24, 2.45) is 0 Å². The van der Waals surface area contributed by atoms with Gasteiger partial charge in [-0.25, -0.2) is 9.97 Å². The van der Waals surface area contributed by atoms with Crippen LogP contribution in [0.15, 0.2) is 6.20 Å². The molecule has 16 heavy (non-hydrogen) atoms. The van der Waals surface area contributed by atoms with E-state index in [4.69, 9.17) is 16.3 Å². The van der Waals surface area contributed by atoms with Crippen molar-refractivity contribution in [2.75, 3.05) is 24.6 Å². The summed E-state index contributed by atoms with van der Waals surface area (Å²) in [6.45, 7) is 4.61. The van der Waals surface area contributed by atoms with E-state index in [1.54, 1.807) is 6.20 Å². The minimum absolute atomic E-state index is 0.113. The van der Waals surface area contributed by atoms with E-state index < -0.39 is 0 Å². The average molecular weight is 240 g/mol. The van der Waals surface area contributed by atoms with E-state index in [9.17, 15) is 0 Å². The summed E-state index contributed by atoms with van der Waals surface area (Å²) in [7, 11) is 0. The molecular weight excluding hydrogens is 226 g/mol. The molecule has 3 rings (SSSR count). The van der Waals surface area contributed by atoms with Crippen molar-refractivity contribution in [1.29, 1.82) is 0 Å². The summed E-state index contributed by atoms with van der Waals surface area (Å²) >= 11 is 5.84. The van der Waals surface area contributed by atoms with Crippen LogP contribution in [0.4, 0.5) is 5.82 Å². The van der Waals surface area contributed by atoms with Gasteiger partial charge in [0.1, 0.15) is 5.82 Å². The highest BCUT2D eigenvalue weighted by molar-refractivity contribution is 6.28. The lowest BCUT2D eigenvalue weighted by atomic mass is 10.2. The molecule has 0 bridgehead atoms. The Morgan fingerprint density at radius 2 is 2.31 bits per heavy atom. The van der Waals surface area contributed by atoms with E-state index in [1.807, 2.05) is 6.92 Å². The maximum Gasteiger partial charge on any atom is 0.224 e. The Labute approximate surface area is 99.6 Å². The third-order valence-electron chi connectivity index (χ3n) is 3.27. The Morgan fingerprint density at radius 1 is 1.50 bits per heavy atom. The minimum atomic E-state index is 0.113. The first kappa shape index (κ1) is 10.3. The van der Waals surface area contributed by atoms with Crippen molar-refractivity contribution in [1.82, 2.24) is 9.97 Å². The van der Waals surface area contributed by atoms with Crippen LogP contribution in [0, 0.1) is 6.92 Å². The quantitative estimate of drug-likeness (QED) is 0.701. The van der Waals surface area contributed by atoms with E-state index in [0.717, 1.165) is 31.1 Å². The monoisotopic (exact) mass is 239 g/mol. The number of hydrogen-bond donors (Lipinski definition) is 0. The highest BCUT2D eigenvalue weighted by Crippen LogP contribution is 2.42. The number of aromatic nitrogens is 2.